The molecule has 0 spiro atoms. The average molecular weight is 220 g/mol. The Morgan fingerprint density at radius 3 is 3.00 bits per heavy atom. The molecule has 0 fully saturated rings. The first-order valence-corrected chi connectivity index (χ1v) is 6.06. The Kier molecular flexibility index (Phi) is 3.14. The van der Waals surface area contributed by atoms with Gasteiger partial charge in [-0.25, -0.2) is 0 Å². The van der Waals surface area contributed by atoms with E-state index >= 15 is 0 Å². The maximum Gasteiger partial charge on any atom is 0.0491 e. The van der Waals surface area contributed by atoms with Crippen molar-refractivity contribution in [2.75, 3.05) is 5.75 Å². The summed E-state index contributed by atoms with van der Waals surface area (Å²) in [6.07, 6.45) is 0. The summed E-state index contributed by atoms with van der Waals surface area (Å²) in [6.45, 7) is 6.02. The standard InChI is InChI=1S/C12H16N2S/c1-8(2)12(14-13)10-7-15-11-6-4-3-5-9(10)11/h3-6,10,12,14H,1,7,13H2,2H3. The zero-order valence-corrected chi connectivity index (χ0v) is 9.68. The SMILES string of the molecule is C=C(C)C(NN)C1CSc2ccccc21. The molecule has 0 saturated carbocycles. The second-order valence-electron chi connectivity index (χ2n) is 3.95. The third-order valence-electron chi connectivity index (χ3n) is 2.85. The van der Waals surface area contributed by atoms with Gasteiger partial charge in [-0.1, -0.05) is 30.4 Å². The number of hydrazine groups is 1. The fourth-order valence-electron chi connectivity index (χ4n) is 2.07. The van der Waals surface area contributed by atoms with Gasteiger partial charge in [-0.3, -0.25) is 11.3 Å². The molecule has 1 aliphatic rings. The molecule has 0 bridgehead atoms. The highest BCUT2D eigenvalue weighted by Gasteiger charge is 2.29. The average Bonchev–Trinajstić information content (AvgIpc) is 2.63. The molecule has 1 aliphatic heterocycles. The maximum atomic E-state index is 5.59. The van der Waals surface area contributed by atoms with Crippen molar-refractivity contribution in [2.24, 2.45) is 5.84 Å². The molecule has 0 saturated heterocycles. The Balaban J connectivity index is 2.30. The van der Waals surface area contributed by atoms with Gasteiger partial charge in [0.2, 0.25) is 0 Å². The summed E-state index contributed by atoms with van der Waals surface area (Å²) in [5.41, 5.74) is 5.37. The number of hydrogen-bond acceptors (Lipinski definition) is 3. The van der Waals surface area contributed by atoms with Crippen molar-refractivity contribution in [3.8, 4) is 0 Å². The van der Waals surface area contributed by atoms with Crippen LogP contribution in [-0.4, -0.2) is 11.8 Å². The van der Waals surface area contributed by atoms with Gasteiger partial charge in [-0.15, -0.1) is 11.8 Å². The van der Waals surface area contributed by atoms with E-state index in [1.165, 1.54) is 10.5 Å². The third-order valence-corrected chi connectivity index (χ3v) is 4.06. The van der Waals surface area contributed by atoms with Crippen LogP contribution in [-0.2, 0) is 0 Å². The molecule has 15 heavy (non-hydrogen) atoms. The lowest BCUT2D eigenvalue weighted by Crippen LogP contribution is -2.40. The summed E-state index contributed by atoms with van der Waals surface area (Å²) in [7, 11) is 0. The summed E-state index contributed by atoms with van der Waals surface area (Å²) in [5, 5.41) is 0. The van der Waals surface area contributed by atoms with Crippen molar-refractivity contribution < 1.29 is 0 Å². The zero-order valence-electron chi connectivity index (χ0n) is 8.86. The van der Waals surface area contributed by atoms with Crippen molar-refractivity contribution in [3.63, 3.8) is 0 Å². The molecule has 1 aromatic rings. The number of thioether (sulfide) groups is 1. The van der Waals surface area contributed by atoms with Gasteiger partial charge in [0.1, 0.15) is 0 Å². The normalized spacial score (nSPS) is 21.1. The molecule has 1 heterocycles. The van der Waals surface area contributed by atoms with Crippen molar-refractivity contribution in [2.45, 2.75) is 23.8 Å². The lowest BCUT2D eigenvalue weighted by atomic mass is 9.90. The lowest BCUT2D eigenvalue weighted by molar-refractivity contribution is 0.523. The molecule has 3 N–H and O–H groups in total. The Bertz CT molecular complexity index is 376. The first kappa shape index (κ1) is 10.7. The highest BCUT2D eigenvalue weighted by Crippen LogP contribution is 2.41. The predicted molar refractivity (Wildman–Crippen MR) is 65.8 cm³/mol. The van der Waals surface area contributed by atoms with E-state index in [-0.39, 0.29) is 6.04 Å². The smallest absolute Gasteiger partial charge is 0.0491 e. The maximum absolute atomic E-state index is 5.59. The Morgan fingerprint density at radius 1 is 1.60 bits per heavy atom. The Morgan fingerprint density at radius 2 is 2.33 bits per heavy atom. The summed E-state index contributed by atoms with van der Waals surface area (Å²) < 4.78 is 0. The monoisotopic (exact) mass is 220 g/mol. The molecule has 0 amide bonds. The molecule has 1 aromatic carbocycles. The zero-order chi connectivity index (χ0) is 10.8. The topological polar surface area (TPSA) is 38.0 Å². The molecule has 2 unspecified atom stereocenters. The van der Waals surface area contributed by atoms with Crippen LogP contribution in [0.25, 0.3) is 0 Å². The number of rotatable bonds is 3. The number of hydrogen-bond donors (Lipinski definition) is 2. The van der Waals surface area contributed by atoms with Crippen LogP contribution in [0.2, 0.25) is 0 Å². The van der Waals surface area contributed by atoms with E-state index in [2.05, 4.69) is 36.3 Å². The summed E-state index contributed by atoms with van der Waals surface area (Å²) in [5.74, 6) is 7.13. The Labute approximate surface area is 94.9 Å². The van der Waals surface area contributed by atoms with Gasteiger partial charge in [0, 0.05) is 22.6 Å². The van der Waals surface area contributed by atoms with Crippen LogP contribution in [0, 0.1) is 0 Å². The molecular weight excluding hydrogens is 204 g/mol. The van der Waals surface area contributed by atoms with E-state index in [0.29, 0.717) is 5.92 Å². The molecule has 2 rings (SSSR count). The van der Waals surface area contributed by atoms with E-state index in [4.69, 9.17) is 5.84 Å². The van der Waals surface area contributed by atoms with E-state index in [1.54, 1.807) is 0 Å². The summed E-state index contributed by atoms with van der Waals surface area (Å²) in [6, 6.07) is 8.71. The lowest BCUT2D eigenvalue weighted by Gasteiger charge is -2.23. The minimum absolute atomic E-state index is 0.182. The quantitative estimate of drug-likeness (QED) is 0.466. The molecular formula is C12H16N2S. The predicted octanol–water partition coefficient (Wildman–Crippen LogP) is 2.28. The highest BCUT2D eigenvalue weighted by molar-refractivity contribution is 7.99. The first-order valence-electron chi connectivity index (χ1n) is 5.07. The molecule has 3 heteroatoms. The number of benzene rings is 1. The van der Waals surface area contributed by atoms with Crippen LogP contribution < -0.4 is 11.3 Å². The van der Waals surface area contributed by atoms with E-state index in [1.807, 2.05) is 18.7 Å². The van der Waals surface area contributed by atoms with Gasteiger partial charge in [0.15, 0.2) is 0 Å². The molecule has 0 radical (unpaired) electrons. The van der Waals surface area contributed by atoms with Gasteiger partial charge >= 0.3 is 0 Å². The number of nitrogens with one attached hydrogen (secondary N) is 1. The minimum Gasteiger partial charge on any atom is -0.271 e. The van der Waals surface area contributed by atoms with E-state index in [9.17, 15) is 0 Å². The van der Waals surface area contributed by atoms with Crippen LogP contribution in [0.15, 0.2) is 41.3 Å². The van der Waals surface area contributed by atoms with Crippen molar-refractivity contribution in [1.82, 2.24) is 5.43 Å². The second-order valence-corrected chi connectivity index (χ2v) is 5.01. The minimum atomic E-state index is 0.182. The highest BCUT2D eigenvalue weighted by atomic mass is 32.2. The molecule has 80 valence electrons. The van der Waals surface area contributed by atoms with E-state index < -0.39 is 0 Å². The van der Waals surface area contributed by atoms with Crippen LogP contribution in [0.4, 0.5) is 0 Å². The second kappa shape index (κ2) is 4.39. The summed E-state index contributed by atoms with van der Waals surface area (Å²) >= 11 is 1.90. The van der Waals surface area contributed by atoms with Gasteiger partial charge in [0.25, 0.3) is 0 Å². The molecule has 2 atom stereocenters. The van der Waals surface area contributed by atoms with Gasteiger partial charge in [0.05, 0.1) is 0 Å². The van der Waals surface area contributed by atoms with Gasteiger partial charge in [-0.05, 0) is 18.6 Å². The van der Waals surface area contributed by atoms with Crippen LogP contribution >= 0.6 is 11.8 Å². The third kappa shape index (κ3) is 1.95. The van der Waals surface area contributed by atoms with Crippen LogP contribution in [0.5, 0.6) is 0 Å². The van der Waals surface area contributed by atoms with E-state index in [0.717, 1.165) is 11.3 Å². The fourth-order valence-corrected chi connectivity index (χ4v) is 3.36. The van der Waals surface area contributed by atoms with Gasteiger partial charge in [-0.2, -0.15) is 0 Å². The van der Waals surface area contributed by atoms with Crippen LogP contribution in [0.1, 0.15) is 18.4 Å². The van der Waals surface area contributed by atoms with Crippen LogP contribution in [0.3, 0.4) is 0 Å². The number of fused-ring (bicyclic) bond motifs is 1. The van der Waals surface area contributed by atoms with Crippen molar-refractivity contribution in [3.05, 3.63) is 42.0 Å². The van der Waals surface area contributed by atoms with Gasteiger partial charge < -0.3 is 0 Å². The molecule has 0 aliphatic carbocycles. The number of nitrogens with two attached hydrogens (primary N) is 1. The first-order chi connectivity index (χ1) is 7.24. The molecule has 2 nitrogen and oxygen atoms in total. The summed E-state index contributed by atoms with van der Waals surface area (Å²) in [4.78, 5) is 1.38. The largest absolute Gasteiger partial charge is 0.271 e. The van der Waals surface area contributed by atoms with Crippen molar-refractivity contribution in [1.29, 1.82) is 0 Å². The van der Waals surface area contributed by atoms with Crippen molar-refractivity contribution >= 4 is 11.8 Å². The Hall–Kier alpha value is -0.770. The molecule has 0 aromatic heterocycles. The fraction of sp³-hybridized carbons (Fsp3) is 0.333.